The van der Waals surface area contributed by atoms with Gasteiger partial charge in [-0.25, -0.2) is 4.98 Å². The summed E-state index contributed by atoms with van der Waals surface area (Å²) in [7, 11) is 0. The molecule has 7 nitrogen and oxygen atoms in total. The highest BCUT2D eigenvalue weighted by Crippen LogP contribution is 2.25. The highest BCUT2D eigenvalue weighted by Gasteiger charge is 2.33. The minimum absolute atomic E-state index is 0.0145. The number of imidazole rings is 1. The second-order valence-corrected chi connectivity index (χ2v) is 7.43. The Bertz CT molecular complexity index is 1010. The highest BCUT2D eigenvalue weighted by molar-refractivity contribution is 5.95. The number of carbonyl (C=O) groups excluding carboxylic acids is 1. The molecule has 0 spiro atoms. The van der Waals surface area contributed by atoms with Gasteiger partial charge >= 0.3 is 5.97 Å². The number of nitrogens with zero attached hydrogens (tertiary/aromatic N) is 3. The van der Waals surface area contributed by atoms with Gasteiger partial charge in [-0.2, -0.15) is 0 Å². The van der Waals surface area contributed by atoms with Crippen molar-refractivity contribution in [2.24, 2.45) is 5.92 Å². The van der Waals surface area contributed by atoms with Crippen molar-refractivity contribution in [1.82, 2.24) is 14.3 Å². The van der Waals surface area contributed by atoms with Crippen molar-refractivity contribution in [2.75, 3.05) is 6.54 Å². The summed E-state index contributed by atoms with van der Waals surface area (Å²) in [6.45, 7) is 2.49. The molecule has 1 fully saturated rings. The van der Waals surface area contributed by atoms with Gasteiger partial charge in [0.05, 0.1) is 11.6 Å². The number of pyridine rings is 1. The van der Waals surface area contributed by atoms with Gasteiger partial charge in [0, 0.05) is 30.5 Å². The molecule has 1 aromatic carbocycles. The number of amides is 1. The Morgan fingerprint density at radius 3 is 2.86 bits per heavy atom. The molecule has 3 heterocycles. The molecular weight excluding hydrogens is 370 g/mol. The van der Waals surface area contributed by atoms with Crippen molar-refractivity contribution in [3.63, 3.8) is 0 Å². The number of likely N-dealkylation sites (tertiary alicyclic amines) is 1. The van der Waals surface area contributed by atoms with Gasteiger partial charge in [0.25, 0.3) is 5.91 Å². The van der Waals surface area contributed by atoms with Crippen LogP contribution in [0.25, 0.3) is 5.65 Å². The van der Waals surface area contributed by atoms with E-state index >= 15 is 0 Å². The fraction of sp³-hybridized carbons (Fsp3) is 0.318. The van der Waals surface area contributed by atoms with E-state index in [1.807, 2.05) is 41.9 Å². The number of aromatic nitrogens is 2. The average molecular weight is 393 g/mol. The summed E-state index contributed by atoms with van der Waals surface area (Å²) in [5.74, 6) is -0.946. The molecule has 0 saturated carbocycles. The first-order valence-corrected chi connectivity index (χ1v) is 9.70. The van der Waals surface area contributed by atoms with Crippen molar-refractivity contribution in [3.05, 3.63) is 66.1 Å². The maximum absolute atomic E-state index is 13.0. The minimum Gasteiger partial charge on any atom is -0.487 e. The highest BCUT2D eigenvalue weighted by atomic mass is 16.5. The summed E-state index contributed by atoms with van der Waals surface area (Å²) < 4.78 is 7.77. The van der Waals surface area contributed by atoms with Crippen LogP contribution in [0.15, 0.2) is 54.9 Å². The molecule has 1 aliphatic rings. The summed E-state index contributed by atoms with van der Waals surface area (Å²) in [6.07, 6.45) is 5.12. The van der Waals surface area contributed by atoms with E-state index < -0.39 is 11.9 Å². The lowest BCUT2D eigenvalue weighted by Crippen LogP contribution is -2.47. The number of benzene rings is 1. The minimum atomic E-state index is -0.848. The fourth-order valence-corrected chi connectivity index (χ4v) is 3.69. The van der Waals surface area contributed by atoms with Crippen molar-refractivity contribution in [2.45, 2.75) is 32.4 Å². The Hall–Kier alpha value is -3.35. The number of hydrogen-bond acceptors (Lipinski definition) is 4. The van der Waals surface area contributed by atoms with Crippen LogP contribution in [-0.2, 0) is 11.4 Å². The van der Waals surface area contributed by atoms with Crippen LogP contribution in [-0.4, -0.2) is 43.9 Å². The van der Waals surface area contributed by atoms with Gasteiger partial charge in [-0.3, -0.25) is 9.59 Å². The van der Waals surface area contributed by atoms with Gasteiger partial charge in [0.1, 0.15) is 18.0 Å². The Morgan fingerprint density at radius 2 is 2.07 bits per heavy atom. The van der Waals surface area contributed by atoms with Crippen molar-refractivity contribution in [1.29, 1.82) is 0 Å². The second-order valence-electron chi connectivity index (χ2n) is 7.43. The first-order valence-electron chi connectivity index (χ1n) is 9.70. The Morgan fingerprint density at radius 1 is 1.21 bits per heavy atom. The SMILES string of the molecule is CC1CCC(C(=O)O)CN1C(=O)c1cccc(OCc2cn3ccccc3n2)c1. The molecule has 1 amide bonds. The van der Waals surface area contributed by atoms with Gasteiger partial charge < -0.3 is 19.1 Å². The Labute approximate surface area is 168 Å². The molecule has 3 aromatic rings. The maximum atomic E-state index is 13.0. The van der Waals surface area contributed by atoms with Gasteiger partial charge in [0.15, 0.2) is 0 Å². The van der Waals surface area contributed by atoms with Gasteiger partial charge in [0.2, 0.25) is 0 Å². The number of carboxylic acid groups (broad SMARTS) is 1. The van der Waals surface area contributed by atoms with Crippen LogP contribution < -0.4 is 4.74 Å². The normalized spacial score (nSPS) is 19.3. The molecule has 2 atom stereocenters. The quantitative estimate of drug-likeness (QED) is 0.719. The number of fused-ring (bicyclic) bond motifs is 1. The van der Waals surface area contributed by atoms with E-state index in [2.05, 4.69) is 4.98 Å². The van der Waals surface area contributed by atoms with Crippen molar-refractivity contribution in [3.8, 4) is 5.75 Å². The molecule has 0 aliphatic carbocycles. The van der Waals surface area contributed by atoms with Crippen LogP contribution in [0.1, 0.15) is 35.8 Å². The number of ether oxygens (including phenoxy) is 1. The van der Waals surface area contributed by atoms with E-state index in [0.717, 1.165) is 11.3 Å². The molecule has 1 aliphatic heterocycles. The number of piperidine rings is 1. The molecule has 2 unspecified atom stereocenters. The summed E-state index contributed by atoms with van der Waals surface area (Å²) in [4.78, 5) is 30.5. The third kappa shape index (κ3) is 4.08. The number of rotatable bonds is 5. The number of carboxylic acids is 1. The Balaban J connectivity index is 1.46. The summed E-state index contributed by atoms with van der Waals surface area (Å²) in [5, 5.41) is 9.30. The Kier molecular flexibility index (Phi) is 5.20. The molecule has 150 valence electrons. The zero-order valence-corrected chi connectivity index (χ0v) is 16.2. The lowest BCUT2D eigenvalue weighted by molar-refractivity contribution is -0.143. The molecule has 7 heteroatoms. The lowest BCUT2D eigenvalue weighted by atomic mass is 9.93. The van der Waals surface area contributed by atoms with E-state index in [1.165, 1.54) is 0 Å². The molecule has 2 aromatic heterocycles. The van der Waals surface area contributed by atoms with Gasteiger partial charge in [-0.1, -0.05) is 12.1 Å². The molecule has 1 saturated heterocycles. The van der Waals surface area contributed by atoms with Crippen LogP contribution in [0.4, 0.5) is 0 Å². The fourth-order valence-electron chi connectivity index (χ4n) is 3.69. The predicted octanol–water partition coefficient (Wildman–Crippen LogP) is 3.24. The zero-order chi connectivity index (χ0) is 20.4. The first-order chi connectivity index (χ1) is 14.0. The molecule has 4 rings (SSSR count). The smallest absolute Gasteiger partial charge is 0.308 e. The average Bonchev–Trinajstić information content (AvgIpc) is 3.15. The van der Waals surface area contributed by atoms with Gasteiger partial charge in [-0.15, -0.1) is 0 Å². The monoisotopic (exact) mass is 393 g/mol. The van der Waals surface area contributed by atoms with Crippen LogP contribution in [0.2, 0.25) is 0 Å². The van der Waals surface area contributed by atoms with Crippen LogP contribution >= 0.6 is 0 Å². The molecule has 29 heavy (non-hydrogen) atoms. The van der Waals surface area contributed by atoms with Crippen LogP contribution in [0, 0.1) is 5.92 Å². The predicted molar refractivity (Wildman–Crippen MR) is 107 cm³/mol. The number of carbonyl (C=O) groups is 2. The lowest BCUT2D eigenvalue weighted by Gasteiger charge is -2.36. The summed E-state index contributed by atoms with van der Waals surface area (Å²) >= 11 is 0. The number of hydrogen-bond donors (Lipinski definition) is 1. The maximum Gasteiger partial charge on any atom is 0.308 e. The van der Waals surface area contributed by atoms with Gasteiger partial charge in [-0.05, 0) is 50.1 Å². The first kappa shape index (κ1) is 19.0. The van der Waals surface area contributed by atoms with Crippen molar-refractivity contribution < 1.29 is 19.4 Å². The molecule has 0 bridgehead atoms. The second kappa shape index (κ2) is 7.95. The molecular formula is C22H23N3O4. The van der Waals surface area contributed by atoms with E-state index in [9.17, 15) is 14.7 Å². The van der Waals surface area contributed by atoms with E-state index in [-0.39, 0.29) is 18.5 Å². The number of aliphatic carboxylic acids is 1. The topological polar surface area (TPSA) is 84.1 Å². The third-order valence-electron chi connectivity index (χ3n) is 5.37. The van der Waals surface area contributed by atoms with Crippen LogP contribution in [0.3, 0.4) is 0 Å². The zero-order valence-electron chi connectivity index (χ0n) is 16.2. The van der Waals surface area contributed by atoms with Crippen LogP contribution in [0.5, 0.6) is 5.75 Å². The summed E-state index contributed by atoms with van der Waals surface area (Å²) in [6, 6.07) is 12.8. The third-order valence-corrected chi connectivity index (χ3v) is 5.37. The van der Waals surface area contributed by atoms with E-state index in [1.54, 1.807) is 29.2 Å². The molecule has 0 radical (unpaired) electrons. The summed E-state index contributed by atoms with van der Waals surface area (Å²) in [5.41, 5.74) is 2.14. The van der Waals surface area contributed by atoms with Crippen molar-refractivity contribution >= 4 is 17.5 Å². The largest absolute Gasteiger partial charge is 0.487 e. The van der Waals surface area contributed by atoms with E-state index in [0.29, 0.717) is 30.8 Å². The standard InChI is InChI=1S/C22H23N3O4/c1-15-8-9-17(22(27)28)12-25(15)21(26)16-5-4-6-19(11-16)29-14-18-13-24-10-3-2-7-20(24)23-18/h2-7,10-11,13,15,17H,8-9,12,14H2,1H3,(H,27,28). The van der Waals surface area contributed by atoms with E-state index in [4.69, 9.17) is 4.74 Å². The molecule has 1 N–H and O–H groups in total.